The van der Waals surface area contributed by atoms with E-state index in [9.17, 15) is 19.6 Å². The molecule has 0 aliphatic carbocycles. The number of methoxy groups -OCH3 is 1. The number of carbonyl (C=O) groups is 1. The SMILES string of the molecule is COCC(=O)N1[C@H](C#N)[C@@H](c2ccc(-c3cccc(F)c3)cc2)[C@@H]1CO. The lowest BCUT2D eigenvalue weighted by Gasteiger charge is -2.51. The van der Waals surface area contributed by atoms with Gasteiger partial charge < -0.3 is 14.7 Å². The number of hydrogen-bond acceptors (Lipinski definition) is 4. The number of carbonyl (C=O) groups excluding carboxylic acids is 1. The lowest BCUT2D eigenvalue weighted by molar-refractivity contribution is -0.150. The smallest absolute Gasteiger partial charge is 0.249 e. The Morgan fingerprint density at radius 2 is 2.00 bits per heavy atom. The van der Waals surface area contributed by atoms with Gasteiger partial charge in [0.15, 0.2) is 0 Å². The van der Waals surface area contributed by atoms with Gasteiger partial charge >= 0.3 is 0 Å². The maximum atomic E-state index is 13.4. The Morgan fingerprint density at radius 3 is 2.58 bits per heavy atom. The molecule has 0 unspecified atom stereocenters. The number of hydrogen-bond donors (Lipinski definition) is 1. The Labute approximate surface area is 151 Å². The first kappa shape index (κ1) is 18.1. The van der Waals surface area contributed by atoms with Crippen LogP contribution >= 0.6 is 0 Å². The molecule has 5 nitrogen and oxygen atoms in total. The van der Waals surface area contributed by atoms with Crippen molar-refractivity contribution in [3.05, 3.63) is 59.9 Å². The minimum absolute atomic E-state index is 0.125. The van der Waals surface area contributed by atoms with Crippen LogP contribution in [-0.2, 0) is 9.53 Å². The Bertz CT molecular complexity index is 832. The minimum Gasteiger partial charge on any atom is -0.394 e. The summed E-state index contributed by atoms with van der Waals surface area (Å²) in [6.07, 6.45) is 0. The number of rotatable bonds is 5. The quantitative estimate of drug-likeness (QED) is 0.894. The summed E-state index contributed by atoms with van der Waals surface area (Å²) in [5.41, 5.74) is 2.48. The van der Waals surface area contributed by atoms with Crippen molar-refractivity contribution < 1.29 is 19.0 Å². The number of nitriles is 1. The van der Waals surface area contributed by atoms with Crippen molar-refractivity contribution in [2.24, 2.45) is 0 Å². The number of amides is 1. The van der Waals surface area contributed by atoms with Gasteiger partial charge in [-0.25, -0.2) is 4.39 Å². The molecule has 1 fully saturated rings. The summed E-state index contributed by atoms with van der Waals surface area (Å²) in [5, 5.41) is 19.2. The summed E-state index contributed by atoms with van der Waals surface area (Å²) >= 11 is 0. The first-order valence-electron chi connectivity index (χ1n) is 8.27. The van der Waals surface area contributed by atoms with Crippen molar-refractivity contribution in [3.63, 3.8) is 0 Å². The first-order chi connectivity index (χ1) is 12.6. The summed E-state index contributed by atoms with van der Waals surface area (Å²) in [7, 11) is 1.41. The highest BCUT2D eigenvalue weighted by molar-refractivity contribution is 5.80. The van der Waals surface area contributed by atoms with Crippen LogP contribution < -0.4 is 0 Å². The average molecular weight is 354 g/mol. The first-order valence-corrected chi connectivity index (χ1v) is 8.27. The third kappa shape index (κ3) is 3.19. The van der Waals surface area contributed by atoms with Crippen molar-refractivity contribution in [1.29, 1.82) is 5.26 Å². The molecule has 1 aliphatic rings. The molecule has 0 radical (unpaired) electrons. The van der Waals surface area contributed by atoms with E-state index in [0.29, 0.717) is 0 Å². The molecule has 2 aromatic rings. The van der Waals surface area contributed by atoms with Crippen molar-refractivity contribution in [1.82, 2.24) is 4.90 Å². The van der Waals surface area contributed by atoms with Crippen LogP contribution in [-0.4, -0.2) is 48.3 Å². The zero-order valence-corrected chi connectivity index (χ0v) is 14.3. The molecule has 0 aromatic heterocycles. The average Bonchev–Trinajstić information content (AvgIpc) is 2.62. The number of likely N-dealkylation sites (tertiary alicyclic amines) is 1. The largest absolute Gasteiger partial charge is 0.394 e. The van der Waals surface area contributed by atoms with Crippen LogP contribution in [0.3, 0.4) is 0 Å². The van der Waals surface area contributed by atoms with Crippen molar-refractivity contribution >= 4 is 5.91 Å². The van der Waals surface area contributed by atoms with E-state index in [0.717, 1.165) is 16.7 Å². The number of benzene rings is 2. The van der Waals surface area contributed by atoms with E-state index in [1.807, 2.05) is 30.3 Å². The molecule has 1 N–H and O–H groups in total. The van der Waals surface area contributed by atoms with E-state index in [-0.39, 0.29) is 30.9 Å². The van der Waals surface area contributed by atoms with E-state index in [1.165, 1.54) is 24.1 Å². The predicted molar refractivity (Wildman–Crippen MR) is 93.6 cm³/mol. The lowest BCUT2D eigenvalue weighted by atomic mass is 9.75. The molecule has 0 bridgehead atoms. The minimum atomic E-state index is -0.644. The second-order valence-corrected chi connectivity index (χ2v) is 6.22. The predicted octanol–water partition coefficient (Wildman–Crippen LogP) is 2.32. The molecule has 2 aromatic carbocycles. The van der Waals surface area contributed by atoms with Gasteiger partial charge in [0.2, 0.25) is 5.91 Å². The number of nitrogens with zero attached hydrogens (tertiary/aromatic N) is 2. The molecular formula is C20H19FN2O3. The summed E-state index contributed by atoms with van der Waals surface area (Å²) in [5.74, 6) is -0.888. The van der Waals surface area contributed by atoms with Crippen LogP contribution in [0, 0.1) is 17.1 Å². The molecule has 3 atom stereocenters. The van der Waals surface area contributed by atoms with Gasteiger partial charge in [-0.1, -0.05) is 36.4 Å². The van der Waals surface area contributed by atoms with Gasteiger partial charge in [0.25, 0.3) is 0 Å². The molecule has 1 amide bonds. The highest BCUT2D eigenvalue weighted by Crippen LogP contribution is 2.40. The van der Waals surface area contributed by atoms with E-state index in [2.05, 4.69) is 6.07 Å². The third-order valence-electron chi connectivity index (χ3n) is 4.74. The lowest BCUT2D eigenvalue weighted by Crippen LogP contribution is -2.65. The van der Waals surface area contributed by atoms with Gasteiger partial charge in [-0.3, -0.25) is 4.79 Å². The molecule has 3 rings (SSSR count). The van der Waals surface area contributed by atoms with Crippen molar-refractivity contribution in [2.45, 2.75) is 18.0 Å². The molecule has 0 spiro atoms. The number of ether oxygens (including phenoxy) is 1. The van der Waals surface area contributed by atoms with Crippen LogP contribution in [0.15, 0.2) is 48.5 Å². The topological polar surface area (TPSA) is 73.6 Å². The summed E-state index contributed by atoms with van der Waals surface area (Å²) < 4.78 is 18.2. The van der Waals surface area contributed by atoms with Crippen LogP contribution in [0.1, 0.15) is 11.5 Å². The highest BCUT2D eigenvalue weighted by Gasteiger charge is 2.51. The van der Waals surface area contributed by atoms with E-state index < -0.39 is 12.1 Å². The maximum absolute atomic E-state index is 13.4. The number of halogens is 1. The number of aliphatic hydroxyl groups is 1. The van der Waals surface area contributed by atoms with Crippen molar-refractivity contribution in [3.8, 4) is 17.2 Å². The van der Waals surface area contributed by atoms with E-state index in [1.54, 1.807) is 6.07 Å². The molecule has 1 aliphatic heterocycles. The number of aliphatic hydroxyl groups excluding tert-OH is 1. The van der Waals surface area contributed by atoms with Gasteiger partial charge in [0.05, 0.1) is 18.7 Å². The van der Waals surface area contributed by atoms with Gasteiger partial charge in [-0.2, -0.15) is 5.26 Å². The monoisotopic (exact) mass is 354 g/mol. The fourth-order valence-electron chi connectivity index (χ4n) is 3.51. The molecule has 134 valence electrons. The van der Waals surface area contributed by atoms with E-state index >= 15 is 0 Å². The summed E-state index contributed by atoms with van der Waals surface area (Å²) in [6.45, 7) is -0.357. The van der Waals surface area contributed by atoms with Crippen LogP contribution in [0.25, 0.3) is 11.1 Å². The molecule has 1 saturated heterocycles. The molecular weight excluding hydrogens is 335 g/mol. The molecule has 0 saturated carbocycles. The van der Waals surface area contributed by atoms with Gasteiger partial charge in [-0.15, -0.1) is 0 Å². The highest BCUT2D eigenvalue weighted by atomic mass is 19.1. The Kier molecular flexibility index (Phi) is 5.31. The fraction of sp³-hybridized carbons (Fsp3) is 0.300. The fourth-order valence-corrected chi connectivity index (χ4v) is 3.51. The standard InChI is InChI=1S/C20H19FN2O3/c1-26-12-19(25)23-17(10-22)20(18(23)11-24)14-7-5-13(6-8-14)15-3-2-4-16(21)9-15/h2-9,17-18,20,24H,11-12H2,1H3/t17-,18+,20-/m1/s1. The summed E-state index contributed by atoms with van der Waals surface area (Å²) in [6, 6.07) is 14.8. The maximum Gasteiger partial charge on any atom is 0.249 e. The van der Waals surface area contributed by atoms with Crippen LogP contribution in [0.4, 0.5) is 4.39 Å². The zero-order valence-electron chi connectivity index (χ0n) is 14.3. The Balaban J connectivity index is 1.84. The van der Waals surface area contributed by atoms with Gasteiger partial charge in [0.1, 0.15) is 18.5 Å². The van der Waals surface area contributed by atoms with Gasteiger partial charge in [0, 0.05) is 13.0 Å². The van der Waals surface area contributed by atoms with E-state index in [4.69, 9.17) is 4.74 Å². The second-order valence-electron chi connectivity index (χ2n) is 6.22. The molecule has 26 heavy (non-hydrogen) atoms. The third-order valence-corrected chi connectivity index (χ3v) is 4.74. The van der Waals surface area contributed by atoms with Crippen LogP contribution in [0.5, 0.6) is 0 Å². The van der Waals surface area contributed by atoms with Gasteiger partial charge in [-0.05, 0) is 28.8 Å². The molecule has 6 heteroatoms. The normalized spacial score (nSPS) is 21.8. The second kappa shape index (κ2) is 7.65. The molecule has 1 heterocycles. The zero-order chi connectivity index (χ0) is 18.7. The van der Waals surface area contributed by atoms with Crippen LogP contribution in [0.2, 0.25) is 0 Å². The Morgan fingerprint density at radius 1 is 1.27 bits per heavy atom. The van der Waals surface area contributed by atoms with Crippen molar-refractivity contribution in [2.75, 3.05) is 20.3 Å². The Hall–Kier alpha value is -2.75. The summed E-state index contributed by atoms with van der Waals surface area (Å²) in [4.78, 5) is 13.5.